The fourth-order valence-corrected chi connectivity index (χ4v) is 8.33. The van der Waals surface area contributed by atoms with Gasteiger partial charge in [0.05, 0.1) is 6.16 Å². The first-order valence-electron chi connectivity index (χ1n) is 12.2. The zero-order valence-corrected chi connectivity index (χ0v) is 22.0. The SMILES string of the molecule is CC(C)=CCC/C(C)=C/C=C/C(C)=C/C[P+](c1ccccc1)(c1ccccc1)c1ccccc1. The molecule has 0 nitrogen and oxygen atoms in total. The zero-order valence-electron chi connectivity index (χ0n) is 21.1. The smallest absolute Gasteiger partial charge is 0.0856 e. The van der Waals surface area contributed by atoms with Crippen LogP contribution in [0.3, 0.4) is 0 Å². The molecular formula is C33H38P+. The fraction of sp³-hybridized carbons (Fsp3) is 0.212. The maximum atomic E-state index is 2.43. The molecule has 0 aromatic heterocycles. The summed E-state index contributed by atoms with van der Waals surface area (Å²) in [5, 5.41) is 4.28. The lowest BCUT2D eigenvalue weighted by Gasteiger charge is -2.26. The number of rotatable bonds is 10. The van der Waals surface area contributed by atoms with Gasteiger partial charge in [0.25, 0.3) is 0 Å². The minimum absolute atomic E-state index is 1.00. The maximum absolute atomic E-state index is 2.43. The van der Waals surface area contributed by atoms with Crippen molar-refractivity contribution in [1.82, 2.24) is 0 Å². The second-order valence-corrected chi connectivity index (χ2v) is 12.7. The predicted octanol–water partition coefficient (Wildman–Crippen LogP) is 8.18. The second-order valence-electron chi connectivity index (χ2n) is 9.14. The highest BCUT2D eigenvalue weighted by molar-refractivity contribution is 7.95. The molecule has 3 rings (SSSR count). The molecule has 0 bridgehead atoms. The van der Waals surface area contributed by atoms with Gasteiger partial charge in [0.2, 0.25) is 0 Å². The van der Waals surface area contributed by atoms with E-state index >= 15 is 0 Å². The summed E-state index contributed by atoms with van der Waals surface area (Å²) in [7, 11) is -1.81. The highest BCUT2D eigenvalue weighted by atomic mass is 31.2. The topological polar surface area (TPSA) is 0 Å². The highest BCUT2D eigenvalue weighted by Crippen LogP contribution is 2.55. The Morgan fingerprint density at radius 2 is 1.12 bits per heavy atom. The summed E-state index contributed by atoms with van der Waals surface area (Å²) in [6.07, 6.45) is 14.7. The highest BCUT2D eigenvalue weighted by Gasteiger charge is 2.44. The van der Waals surface area contributed by atoms with Crippen molar-refractivity contribution < 1.29 is 0 Å². The summed E-state index contributed by atoms with van der Waals surface area (Å²) >= 11 is 0. The van der Waals surface area contributed by atoms with Crippen molar-refractivity contribution in [2.24, 2.45) is 0 Å². The van der Waals surface area contributed by atoms with Gasteiger partial charge in [-0.25, -0.2) is 0 Å². The first-order valence-corrected chi connectivity index (χ1v) is 14.2. The van der Waals surface area contributed by atoms with Crippen LogP contribution in [0, 0.1) is 0 Å². The molecule has 34 heavy (non-hydrogen) atoms. The summed E-state index contributed by atoms with van der Waals surface area (Å²) in [5.41, 5.74) is 4.12. The Morgan fingerprint density at radius 3 is 1.56 bits per heavy atom. The molecule has 0 aliphatic heterocycles. The molecule has 0 radical (unpaired) electrons. The summed E-state index contributed by atoms with van der Waals surface area (Å²) in [5.74, 6) is 0. The number of allylic oxidation sites excluding steroid dienone is 8. The van der Waals surface area contributed by atoms with Crippen molar-refractivity contribution in [3.63, 3.8) is 0 Å². The molecule has 0 amide bonds. The van der Waals surface area contributed by atoms with Gasteiger partial charge in [-0.3, -0.25) is 0 Å². The average Bonchev–Trinajstić information content (AvgIpc) is 2.86. The van der Waals surface area contributed by atoms with Crippen LogP contribution in [0.1, 0.15) is 40.5 Å². The molecule has 0 unspecified atom stereocenters. The van der Waals surface area contributed by atoms with E-state index in [-0.39, 0.29) is 0 Å². The van der Waals surface area contributed by atoms with Crippen LogP contribution >= 0.6 is 7.26 Å². The van der Waals surface area contributed by atoms with E-state index in [1.165, 1.54) is 32.6 Å². The largest absolute Gasteiger partial charge is 0.115 e. The molecule has 3 aromatic carbocycles. The van der Waals surface area contributed by atoms with Crippen molar-refractivity contribution in [3.8, 4) is 0 Å². The van der Waals surface area contributed by atoms with Crippen LogP contribution in [-0.4, -0.2) is 6.16 Å². The molecule has 1 heteroatoms. The molecule has 174 valence electrons. The third-order valence-corrected chi connectivity index (χ3v) is 10.4. The Kier molecular flexibility index (Phi) is 9.87. The van der Waals surface area contributed by atoms with Crippen LogP contribution in [0.5, 0.6) is 0 Å². The standard InChI is InChI=1S/C33H38P/c1-28(2)16-14-17-29(3)18-15-19-30(4)26-27-34(31-20-8-5-9-21-31,32-22-10-6-11-23-32)33-24-12-7-13-25-33/h5-13,15-16,18-26H,14,17,27H2,1-4H3/q+1/b19-15+,29-18+,30-26+. The van der Waals surface area contributed by atoms with Gasteiger partial charge < -0.3 is 0 Å². The lowest BCUT2D eigenvalue weighted by Crippen LogP contribution is -2.33. The van der Waals surface area contributed by atoms with E-state index in [1.54, 1.807) is 0 Å². The molecule has 0 fully saturated rings. The third-order valence-electron chi connectivity index (χ3n) is 6.11. The van der Waals surface area contributed by atoms with Gasteiger partial charge in [-0.2, -0.15) is 0 Å². The molecule has 3 aromatic rings. The first kappa shape index (κ1) is 25.7. The van der Waals surface area contributed by atoms with Crippen molar-refractivity contribution in [3.05, 3.63) is 138 Å². The van der Waals surface area contributed by atoms with Crippen LogP contribution in [0.4, 0.5) is 0 Å². The molecule has 0 aliphatic rings. The normalized spacial score (nSPS) is 12.7. The van der Waals surface area contributed by atoms with Crippen LogP contribution in [0.15, 0.2) is 138 Å². The lowest BCUT2D eigenvalue weighted by atomic mass is 10.1. The summed E-state index contributed by atoms with van der Waals surface area (Å²) in [4.78, 5) is 0. The Hall–Kier alpha value is -2.95. The Morgan fingerprint density at radius 1 is 0.647 bits per heavy atom. The van der Waals surface area contributed by atoms with Gasteiger partial charge in [0.15, 0.2) is 0 Å². The summed E-state index contributed by atoms with van der Waals surface area (Å²) in [6, 6.07) is 33.3. The molecular weight excluding hydrogens is 427 g/mol. The van der Waals surface area contributed by atoms with Crippen molar-refractivity contribution >= 4 is 23.2 Å². The monoisotopic (exact) mass is 465 g/mol. The van der Waals surface area contributed by atoms with E-state index in [2.05, 4.69) is 149 Å². The number of hydrogen-bond donors (Lipinski definition) is 0. The van der Waals surface area contributed by atoms with Gasteiger partial charge in [-0.05, 0) is 83.0 Å². The fourth-order valence-electron chi connectivity index (χ4n) is 4.20. The molecule has 0 heterocycles. The summed E-state index contributed by atoms with van der Waals surface area (Å²) in [6.45, 7) is 8.77. The van der Waals surface area contributed by atoms with E-state index in [0.717, 1.165) is 19.0 Å². The van der Waals surface area contributed by atoms with Crippen molar-refractivity contribution in [1.29, 1.82) is 0 Å². The second kappa shape index (κ2) is 13.1. The van der Waals surface area contributed by atoms with Gasteiger partial charge in [-0.1, -0.05) is 95.6 Å². The van der Waals surface area contributed by atoms with Gasteiger partial charge in [0.1, 0.15) is 23.2 Å². The van der Waals surface area contributed by atoms with Crippen molar-refractivity contribution in [2.45, 2.75) is 40.5 Å². The van der Waals surface area contributed by atoms with E-state index in [4.69, 9.17) is 0 Å². The molecule has 0 N–H and O–H groups in total. The predicted molar refractivity (Wildman–Crippen MR) is 155 cm³/mol. The number of hydrogen-bond acceptors (Lipinski definition) is 0. The van der Waals surface area contributed by atoms with E-state index < -0.39 is 7.26 Å². The van der Waals surface area contributed by atoms with E-state index in [9.17, 15) is 0 Å². The maximum Gasteiger partial charge on any atom is 0.115 e. The van der Waals surface area contributed by atoms with Crippen LogP contribution in [0.25, 0.3) is 0 Å². The first-order chi connectivity index (χ1) is 16.5. The average molecular weight is 466 g/mol. The minimum atomic E-state index is -1.81. The third kappa shape index (κ3) is 7.02. The number of benzene rings is 3. The van der Waals surface area contributed by atoms with Crippen LogP contribution < -0.4 is 15.9 Å². The van der Waals surface area contributed by atoms with E-state index in [1.807, 2.05) is 0 Å². The molecule has 0 saturated carbocycles. The van der Waals surface area contributed by atoms with Crippen LogP contribution in [-0.2, 0) is 0 Å². The molecule has 0 aliphatic carbocycles. The summed E-state index contributed by atoms with van der Waals surface area (Å²) < 4.78 is 0. The quantitative estimate of drug-likeness (QED) is 0.161. The van der Waals surface area contributed by atoms with Gasteiger partial charge >= 0.3 is 0 Å². The van der Waals surface area contributed by atoms with E-state index in [0.29, 0.717) is 0 Å². The lowest BCUT2D eigenvalue weighted by molar-refractivity contribution is 0.967. The van der Waals surface area contributed by atoms with Crippen LogP contribution in [0.2, 0.25) is 0 Å². The zero-order chi connectivity index (χ0) is 24.2. The Bertz CT molecular complexity index is 1030. The Labute approximate surface area is 207 Å². The van der Waals surface area contributed by atoms with Gasteiger partial charge in [-0.15, -0.1) is 0 Å². The molecule has 0 saturated heterocycles. The Balaban J connectivity index is 1.94. The minimum Gasteiger partial charge on any atom is -0.0856 e. The van der Waals surface area contributed by atoms with Gasteiger partial charge in [0, 0.05) is 0 Å². The van der Waals surface area contributed by atoms with Crippen molar-refractivity contribution in [2.75, 3.05) is 6.16 Å². The molecule has 0 spiro atoms. The molecule has 0 atom stereocenters.